The second-order valence-electron chi connectivity index (χ2n) is 8.34. The fourth-order valence-electron chi connectivity index (χ4n) is 5.04. The lowest BCUT2D eigenvalue weighted by Crippen LogP contribution is -2.17. The minimum Gasteiger partial charge on any atom is -0.497 e. The molecule has 1 N–H and O–H groups in total. The van der Waals surface area contributed by atoms with Gasteiger partial charge in [-0.25, -0.2) is 0 Å². The van der Waals surface area contributed by atoms with E-state index in [-0.39, 0.29) is 5.91 Å². The SMILES string of the molecule is COc1ccc2c(c1)c(C(=O)Nc1cccc3ncccc13)c(C)n2C1CCCCC1. The molecule has 4 aromatic rings. The molecular weight excluding hydrogens is 386 g/mol. The highest BCUT2D eigenvalue weighted by molar-refractivity contribution is 6.16. The number of amides is 1. The molecule has 0 bridgehead atoms. The standard InChI is InChI=1S/C26H27N3O2/c1-17-25(26(30)28-23-12-6-11-22-20(23)10-7-15-27-22)21-16-19(31-2)13-14-24(21)29(17)18-8-4-3-5-9-18/h6-7,10-16,18H,3-5,8-9H2,1-2H3,(H,28,30). The van der Waals surface area contributed by atoms with Crippen LogP contribution in [0.15, 0.2) is 54.7 Å². The van der Waals surface area contributed by atoms with E-state index in [0.717, 1.165) is 57.3 Å². The van der Waals surface area contributed by atoms with Crippen molar-refractivity contribution in [2.45, 2.75) is 45.1 Å². The Morgan fingerprint density at radius 3 is 2.71 bits per heavy atom. The highest BCUT2D eigenvalue weighted by Crippen LogP contribution is 2.37. The Morgan fingerprint density at radius 1 is 1.06 bits per heavy atom. The number of hydrogen-bond donors (Lipinski definition) is 1. The first-order chi connectivity index (χ1) is 15.2. The van der Waals surface area contributed by atoms with Crippen LogP contribution in [0.1, 0.15) is 54.2 Å². The summed E-state index contributed by atoms with van der Waals surface area (Å²) < 4.78 is 7.86. The van der Waals surface area contributed by atoms with Crippen LogP contribution in [0.4, 0.5) is 5.69 Å². The lowest BCUT2D eigenvalue weighted by atomic mass is 9.95. The molecule has 0 atom stereocenters. The maximum absolute atomic E-state index is 13.6. The van der Waals surface area contributed by atoms with E-state index in [1.807, 2.05) is 42.5 Å². The lowest BCUT2D eigenvalue weighted by molar-refractivity contribution is 0.102. The molecule has 0 spiro atoms. The first-order valence-electron chi connectivity index (χ1n) is 11.0. The van der Waals surface area contributed by atoms with Crippen molar-refractivity contribution in [2.24, 2.45) is 0 Å². The summed E-state index contributed by atoms with van der Waals surface area (Å²) in [6.45, 7) is 2.07. The molecule has 1 amide bonds. The van der Waals surface area contributed by atoms with Gasteiger partial charge in [0, 0.05) is 34.2 Å². The zero-order valence-corrected chi connectivity index (χ0v) is 18.0. The van der Waals surface area contributed by atoms with Gasteiger partial charge in [0.25, 0.3) is 5.91 Å². The number of benzene rings is 2. The van der Waals surface area contributed by atoms with Crippen LogP contribution in [0.5, 0.6) is 5.75 Å². The predicted molar refractivity (Wildman–Crippen MR) is 125 cm³/mol. The Kier molecular flexibility index (Phi) is 5.10. The highest BCUT2D eigenvalue weighted by atomic mass is 16.5. The number of pyridine rings is 1. The van der Waals surface area contributed by atoms with Crippen LogP contribution >= 0.6 is 0 Å². The first kappa shape index (κ1) is 19.6. The molecule has 2 aromatic carbocycles. The largest absolute Gasteiger partial charge is 0.497 e. The van der Waals surface area contributed by atoms with Gasteiger partial charge in [-0.2, -0.15) is 0 Å². The third kappa shape index (κ3) is 3.44. The van der Waals surface area contributed by atoms with Gasteiger partial charge in [-0.3, -0.25) is 9.78 Å². The summed E-state index contributed by atoms with van der Waals surface area (Å²) in [4.78, 5) is 18.0. The second-order valence-corrected chi connectivity index (χ2v) is 8.34. The highest BCUT2D eigenvalue weighted by Gasteiger charge is 2.26. The van der Waals surface area contributed by atoms with Gasteiger partial charge in [0.2, 0.25) is 0 Å². The monoisotopic (exact) mass is 413 g/mol. The summed E-state index contributed by atoms with van der Waals surface area (Å²) in [6.07, 6.45) is 7.86. The molecule has 0 aliphatic heterocycles. The molecule has 1 fully saturated rings. The lowest BCUT2D eigenvalue weighted by Gasteiger charge is -2.26. The van der Waals surface area contributed by atoms with Crippen molar-refractivity contribution in [3.63, 3.8) is 0 Å². The smallest absolute Gasteiger partial charge is 0.258 e. The number of hydrogen-bond acceptors (Lipinski definition) is 3. The normalized spacial score (nSPS) is 14.8. The average Bonchev–Trinajstić information content (AvgIpc) is 3.10. The number of nitrogens with zero attached hydrogens (tertiary/aromatic N) is 2. The van der Waals surface area contributed by atoms with E-state index in [1.165, 1.54) is 19.3 Å². The minimum absolute atomic E-state index is 0.0957. The predicted octanol–water partition coefficient (Wildman–Crippen LogP) is 6.26. The molecule has 31 heavy (non-hydrogen) atoms. The van der Waals surface area contributed by atoms with Gasteiger partial charge in [-0.05, 0) is 62.2 Å². The van der Waals surface area contributed by atoms with Gasteiger partial charge in [0.05, 0.1) is 23.9 Å². The summed E-state index contributed by atoms with van der Waals surface area (Å²) in [5, 5.41) is 5.03. The van der Waals surface area contributed by atoms with E-state index in [0.29, 0.717) is 6.04 Å². The number of anilines is 1. The number of fused-ring (bicyclic) bond motifs is 2. The summed E-state index contributed by atoms with van der Waals surface area (Å²) in [6, 6.07) is 16.2. The minimum atomic E-state index is -0.0957. The third-order valence-corrected chi connectivity index (χ3v) is 6.52. The van der Waals surface area contributed by atoms with Crippen LogP contribution in [0.2, 0.25) is 0 Å². The maximum Gasteiger partial charge on any atom is 0.258 e. The average molecular weight is 414 g/mol. The number of aromatic nitrogens is 2. The zero-order valence-electron chi connectivity index (χ0n) is 18.0. The summed E-state index contributed by atoms with van der Waals surface area (Å²) in [5.74, 6) is 0.665. The topological polar surface area (TPSA) is 56.1 Å². The van der Waals surface area contributed by atoms with Crippen molar-refractivity contribution in [3.05, 3.63) is 66.0 Å². The van der Waals surface area contributed by atoms with Crippen molar-refractivity contribution in [3.8, 4) is 5.75 Å². The fourth-order valence-corrected chi connectivity index (χ4v) is 5.04. The zero-order chi connectivity index (χ0) is 21.4. The van der Waals surface area contributed by atoms with E-state index in [9.17, 15) is 4.79 Å². The van der Waals surface area contributed by atoms with Gasteiger partial charge in [0.15, 0.2) is 0 Å². The molecule has 0 unspecified atom stereocenters. The van der Waals surface area contributed by atoms with Crippen LogP contribution in [-0.2, 0) is 0 Å². The quantitative estimate of drug-likeness (QED) is 0.429. The van der Waals surface area contributed by atoms with E-state index >= 15 is 0 Å². The van der Waals surface area contributed by atoms with E-state index < -0.39 is 0 Å². The summed E-state index contributed by atoms with van der Waals surface area (Å²) in [5.41, 5.74) is 4.49. The van der Waals surface area contributed by atoms with Crippen LogP contribution in [-0.4, -0.2) is 22.6 Å². The van der Waals surface area contributed by atoms with Crippen LogP contribution in [0.3, 0.4) is 0 Å². The molecule has 5 heteroatoms. The molecule has 158 valence electrons. The van der Waals surface area contributed by atoms with Crippen molar-refractivity contribution >= 4 is 33.4 Å². The number of carbonyl (C=O) groups is 1. The fraction of sp³-hybridized carbons (Fsp3) is 0.308. The summed E-state index contributed by atoms with van der Waals surface area (Å²) in [7, 11) is 1.66. The molecule has 0 saturated heterocycles. The first-order valence-corrected chi connectivity index (χ1v) is 11.0. The van der Waals surface area contributed by atoms with Crippen molar-refractivity contribution in [2.75, 3.05) is 12.4 Å². The van der Waals surface area contributed by atoms with Crippen molar-refractivity contribution in [1.82, 2.24) is 9.55 Å². The maximum atomic E-state index is 13.6. The van der Waals surface area contributed by atoms with E-state index in [1.54, 1.807) is 13.3 Å². The molecule has 2 aromatic heterocycles. The molecule has 2 heterocycles. The number of methoxy groups -OCH3 is 1. The molecule has 1 aliphatic rings. The van der Waals surface area contributed by atoms with Gasteiger partial charge < -0.3 is 14.6 Å². The Balaban J connectivity index is 1.62. The Labute approximate surface area is 182 Å². The molecule has 0 radical (unpaired) electrons. The third-order valence-electron chi connectivity index (χ3n) is 6.52. The van der Waals surface area contributed by atoms with Crippen LogP contribution in [0.25, 0.3) is 21.8 Å². The Bertz CT molecular complexity index is 1260. The molecule has 5 rings (SSSR count). The number of carbonyl (C=O) groups excluding carboxylic acids is 1. The Hall–Kier alpha value is -3.34. The van der Waals surface area contributed by atoms with E-state index in [4.69, 9.17) is 4.74 Å². The van der Waals surface area contributed by atoms with Crippen LogP contribution < -0.4 is 10.1 Å². The molecular formula is C26H27N3O2. The molecule has 5 nitrogen and oxygen atoms in total. The van der Waals surface area contributed by atoms with Crippen molar-refractivity contribution in [1.29, 1.82) is 0 Å². The van der Waals surface area contributed by atoms with E-state index in [2.05, 4.69) is 27.9 Å². The molecule has 1 aliphatic carbocycles. The van der Waals surface area contributed by atoms with Gasteiger partial charge >= 0.3 is 0 Å². The number of rotatable bonds is 4. The Morgan fingerprint density at radius 2 is 1.90 bits per heavy atom. The van der Waals surface area contributed by atoms with Gasteiger partial charge in [-0.15, -0.1) is 0 Å². The van der Waals surface area contributed by atoms with Gasteiger partial charge in [0.1, 0.15) is 5.75 Å². The number of ether oxygens (including phenoxy) is 1. The van der Waals surface area contributed by atoms with Crippen LogP contribution in [0, 0.1) is 6.92 Å². The second kappa shape index (κ2) is 8.06. The molecule has 1 saturated carbocycles. The summed E-state index contributed by atoms with van der Waals surface area (Å²) >= 11 is 0. The van der Waals surface area contributed by atoms with Crippen molar-refractivity contribution < 1.29 is 9.53 Å². The van der Waals surface area contributed by atoms with Gasteiger partial charge in [-0.1, -0.05) is 25.3 Å². The number of nitrogens with one attached hydrogen (secondary N) is 1.